The van der Waals surface area contributed by atoms with Crippen LogP contribution >= 0.6 is 15.9 Å². The van der Waals surface area contributed by atoms with Gasteiger partial charge in [0, 0.05) is 23.7 Å². The first-order valence-corrected chi connectivity index (χ1v) is 6.87. The van der Waals surface area contributed by atoms with Crippen molar-refractivity contribution in [3.63, 3.8) is 0 Å². The van der Waals surface area contributed by atoms with Crippen molar-refractivity contribution in [2.75, 3.05) is 27.9 Å². The van der Waals surface area contributed by atoms with E-state index in [1.165, 1.54) is 0 Å². The summed E-state index contributed by atoms with van der Waals surface area (Å²) in [5.41, 5.74) is 1.03. The highest BCUT2D eigenvalue weighted by atomic mass is 79.9. The number of rotatable bonds is 7. The van der Waals surface area contributed by atoms with Crippen LogP contribution in [0.4, 0.5) is 0 Å². The molecule has 0 bridgehead atoms. The summed E-state index contributed by atoms with van der Waals surface area (Å²) in [5, 5.41) is 3.45. The van der Waals surface area contributed by atoms with E-state index in [9.17, 15) is 0 Å². The van der Waals surface area contributed by atoms with Crippen LogP contribution in [0.5, 0.6) is 11.5 Å². The summed E-state index contributed by atoms with van der Waals surface area (Å²) < 4.78 is 16.8. The molecule has 19 heavy (non-hydrogen) atoms. The molecular weight excluding hydrogens is 310 g/mol. The van der Waals surface area contributed by atoms with Crippen molar-refractivity contribution in [2.24, 2.45) is 0 Å². The fraction of sp³-hybridized carbons (Fsp3) is 0.571. The van der Waals surface area contributed by atoms with E-state index in [2.05, 4.69) is 35.1 Å². The molecule has 4 nitrogen and oxygen atoms in total. The van der Waals surface area contributed by atoms with Crippen molar-refractivity contribution < 1.29 is 14.2 Å². The standard InChI is InChI=1S/C14H22BrNO3/c1-14(2,9-17-3)16-8-10-6-12(18-4)13(19-5)7-11(10)15/h6-7,16H,8-9H2,1-5H3. The third-order valence-corrected chi connectivity index (χ3v) is 3.55. The number of hydrogen-bond acceptors (Lipinski definition) is 4. The molecule has 1 aromatic carbocycles. The van der Waals surface area contributed by atoms with Gasteiger partial charge in [0.25, 0.3) is 0 Å². The van der Waals surface area contributed by atoms with Gasteiger partial charge in [0.15, 0.2) is 11.5 Å². The smallest absolute Gasteiger partial charge is 0.161 e. The monoisotopic (exact) mass is 331 g/mol. The molecule has 0 aromatic heterocycles. The van der Waals surface area contributed by atoms with Crippen molar-refractivity contribution in [3.8, 4) is 11.5 Å². The SMILES string of the molecule is COCC(C)(C)NCc1cc(OC)c(OC)cc1Br. The first kappa shape index (κ1) is 16.3. The zero-order valence-electron chi connectivity index (χ0n) is 12.2. The maximum Gasteiger partial charge on any atom is 0.161 e. The van der Waals surface area contributed by atoms with Gasteiger partial charge in [-0.15, -0.1) is 0 Å². The van der Waals surface area contributed by atoms with Gasteiger partial charge >= 0.3 is 0 Å². The molecular formula is C14H22BrNO3. The molecule has 0 saturated carbocycles. The van der Waals surface area contributed by atoms with Crippen LogP contribution in [0.3, 0.4) is 0 Å². The van der Waals surface area contributed by atoms with Gasteiger partial charge in [-0.25, -0.2) is 0 Å². The highest BCUT2D eigenvalue weighted by Gasteiger charge is 2.18. The molecule has 0 heterocycles. The van der Waals surface area contributed by atoms with Crippen LogP contribution < -0.4 is 14.8 Å². The maximum atomic E-state index is 5.31. The van der Waals surface area contributed by atoms with Gasteiger partial charge in [-0.1, -0.05) is 15.9 Å². The van der Waals surface area contributed by atoms with Gasteiger partial charge in [0.2, 0.25) is 0 Å². The van der Waals surface area contributed by atoms with E-state index in [-0.39, 0.29) is 5.54 Å². The van der Waals surface area contributed by atoms with Crippen molar-refractivity contribution in [2.45, 2.75) is 25.9 Å². The Bertz CT molecular complexity index is 421. The minimum absolute atomic E-state index is 0.0820. The fourth-order valence-electron chi connectivity index (χ4n) is 1.78. The lowest BCUT2D eigenvalue weighted by atomic mass is 10.1. The predicted octanol–water partition coefficient (Wildman–Crippen LogP) is 2.98. The Morgan fingerprint density at radius 1 is 1.11 bits per heavy atom. The topological polar surface area (TPSA) is 39.7 Å². The summed E-state index contributed by atoms with van der Waals surface area (Å²) in [6, 6.07) is 3.89. The Labute approximate surface area is 123 Å². The zero-order valence-corrected chi connectivity index (χ0v) is 13.8. The second-order valence-corrected chi connectivity index (χ2v) is 5.82. The molecule has 0 amide bonds. The first-order chi connectivity index (χ1) is 8.93. The minimum Gasteiger partial charge on any atom is -0.493 e. The van der Waals surface area contributed by atoms with Gasteiger partial charge < -0.3 is 19.5 Å². The van der Waals surface area contributed by atoms with Crippen LogP contribution in [0.1, 0.15) is 19.4 Å². The molecule has 0 saturated heterocycles. The van der Waals surface area contributed by atoms with Crippen molar-refractivity contribution in [3.05, 3.63) is 22.2 Å². The number of halogens is 1. The quantitative estimate of drug-likeness (QED) is 0.833. The summed E-state index contributed by atoms with van der Waals surface area (Å²) in [6.07, 6.45) is 0. The highest BCUT2D eigenvalue weighted by molar-refractivity contribution is 9.10. The predicted molar refractivity (Wildman–Crippen MR) is 80.0 cm³/mol. The van der Waals surface area contributed by atoms with Crippen LogP contribution in [-0.2, 0) is 11.3 Å². The van der Waals surface area contributed by atoms with E-state index in [1.807, 2.05) is 12.1 Å². The third kappa shape index (κ3) is 4.67. The molecule has 0 atom stereocenters. The normalized spacial score (nSPS) is 11.5. The van der Waals surface area contributed by atoms with Crippen molar-refractivity contribution >= 4 is 15.9 Å². The van der Waals surface area contributed by atoms with Crippen LogP contribution in [0.25, 0.3) is 0 Å². The summed E-state index contributed by atoms with van der Waals surface area (Å²) >= 11 is 3.55. The Kier molecular flexibility index (Phi) is 6.10. The second kappa shape index (κ2) is 7.12. The number of nitrogens with one attached hydrogen (secondary N) is 1. The Morgan fingerprint density at radius 3 is 2.21 bits per heavy atom. The molecule has 0 fully saturated rings. The van der Waals surface area contributed by atoms with Crippen molar-refractivity contribution in [1.29, 1.82) is 0 Å². The van der Waals surface area contributed by atoms with E-state index < -0.39 is 0 Å². The van der Waals surface area contributed by atoms with E-state index in [0.29, 0.717) is 12.4 Å². The molecule has 1 N–H and O–H groups in total. The lowest BCUT2D eigenvalue weighted by molar-refractivity contribution is 0.127. The van der Waals surface area contributed by atoms with Gasteiger partial charge in [-0.2, -0.15) is 0 Å². The van der Waals surface area contributed by atoms with E-state index in [1.54, 1.807) is 21.3 Å². The highest BCUT2D eigenvalue weighted by Crippen LogP contribution is 2.33. The number of benzene rings is 1. The molecule has 0 radical (unpaired) electrons. The molecule has 1 aromatic rings. The Hall–Kier alpha value is -0.780. The van der Waals surface area contributed by atoms with Gasteiger partial charge in [-0.05, 0) is 31.5 Å². The molecule has 0 unspecified atom stereocenters. The molecule has 0 aliphatic carbocycles. The largest absolute Gasteiger partial charge is 0.493 e. The lowest BCUT2D eigenvalue weighted by Crippen LogP contribution is -2.42. The molecule has 0 spiro atoms. The van der Waals surface area contributed by atoms with Crippen LogP contribution in [-0.4, -0.2) is 33.5 Å². The molecule has 1 rings (SSSR count). The fourth-order valence-corrected chi connectivity index (χ4v) is 2.24. The molecule has 0 aliphatic rings. The maximum absolute atomic E-state index is 5.31. The van der Waals surface area contributed by atoms with Gasteiger partial charge in [0.05, 0.1) is 20.8 Å². The van der Waals surface area contributed by atoms with E-state index >= 15 is 0 Å². The Balaban J connectivity index is 2.84. The zero-order chi connectivity index (χ0) is 14.5. The first-order valence-electron chi connectivity index (χ1n) is 6.08. The lowest BCUT2D eigenvalue weighted by Gasteiger charge is -2.26. The van der Waals surface area contributed by atoms with Crippen molar-refractivity contribution in [1.82, 2.24) is 5.32 Å². The Morgan fingerprint density at radius 2 is 1.68 bits per heavy atom. The van der Waals surface area contributed by atoms with E-state index in [0.717, 1.165) is 22.3 Å². The van der Waals surface area contributed by atoms with E-state index in [4.69, 9.17) is 14.2 Å². The van der Waals surface area contributed by atoms with Gasteiger partial charge in [0.1, 0.15) is 0 Å². The summed E-state index contributed by atoms with van der Waals surface area (Å²) in [7, 11) is 4.97. The third-order valence-electron chi connectivity index (χ3n) is 2.82. The average Bonchev–Trinajstić information content (AvgIpc) is 2.36. The van der Waals surface area contributed by atoms with Crippen LogP contribution in [0.15, 0.2) is 16.6 Å². The van der Waals surface area contributed by atoms with Gasteiger partial charge in [-0.3, -0.25) is 0 Å². The summed E-state index contributed by atoms with van der Waals surface area (Å²) in [6.45, 7) is 5.57. The summed E-state index contributed by atoms with van der Waals surface area (Å²) in [4.78, 5) is 0. The molecule has 5 heteroatoms. The van der Waals surface area contributed by atoms with Crippen LogP contribution in [0, 0.1) is 0 Å². The molecule has 108 valence electrons. The summed E-state index contributed by atoms with van der Waals surface area (Å²) in [5.74, 6) is 1.45. The average molecular weight is 332 g/mol. The second-order valence-electron chi connectivity index (χ2n) is 4.97. The van der Waals surface area contributed by atoms with Crippen LogP contribution in [0.2, 0.25) is 0 Å². The number of hydrogen-bond donors (Lipinski definition) is 1. The minimum atomic E-state index is -0.0820. The number of ether oxygens (including phenoxy) is 3. The number of methoxy groups -OCH3 is 3. The molecule has 0 aliphatic heterocycles.